The quantitative estimate of drug-likeness (QED) is 0.737. The molecule has 0 aliphatic rings. The second-order valence-electron chi connectivity index (χ2n) is 2.97. The number of benzene rings is 1. The molecule has 2 heteroatoms. The van der Waals surface area contributed by atoms with Crippen molar-refractivity contribution in [3.63, 3.8) is 0 Å². The zero-order chi connectivity index (χ0) is 10.4. The van der Waals surface area contributed by atoms with Crippen LogP contribution in [0.15, 0.2) is 48.6 Å². The topological polar surface area (TPSA) is 37.3 Å². The molecule has 1 aromatic rings. The van der Waals surface area contributed by atoms with E-state index in [1.807, 2.05) is 36.4 Å². The first-order valence-electron chi connectivity index (χ1n) is 4.31. The van der Waals surface area contributed by atoms with E-state index in [1.54, 1.807) is 6.08 Å². The van der Waals surface area contributed by atoms with E-state index in [1.165, 1.54) is 0 Å². The molecule has 0 aliphatic heterocycles. The van der Waals surface area contributed by atoms with E-state index in [-0.39, 0.29) is 6.42 Å². The molecule has 0 bridgehead atoms. The van der Waals surface area contributed by atoms with E-state index in [0.717, 1.165) is 5.56 Å². The molecule has 0 unspecified atom stereocenters. The largest absolute Gasteiger partial charge is 0.481 e. The summed E-state index contributed by atoms with van der Waals surface area (Å²) in [6.45, 7) is 3.64. The minimum atomic E-state index is -0.854. The Bertz CT molecular complexity index is 350. The third-order valence-corrected chi connectivity index (χ3v) is 1.69. The van der Waals surface area contributed by atoms with Crippen molar-refractivity contribution in [2.75, 3.05) is 0 Å². The number of hydrogen-bond acceptors (Lipinski definition) is 1. The van der Waals surface area contributed by atoms with Gasteiger partial charge in [-0.3, -0.25) is 4.79 Å². The van der Waals surface area contributed by atoms with Crippen LogP contribution < -0.4 is 0 Å². The van der Waals surface area contributed by atoms with Crippen LogP contribution in [0.2, 0.25) is 0 Å². The summed E-state index contributed by atoms with van der Waals surface area (Å²) < 4.78 is 0. The fraction of sp³-hybridized carbons (Fsp3) is 0.0833. The Morgan fingerprint density at radius 3 is 2.57 bits per heavy atom. The molecule has 0 saturated heterocycles. The number of aliphatic carboxylic acids is 1. The van der Waals surface area contributed by atoms with Gasteiger partial charge in [-0.1, -0.05) is 49.1 Å². The summed E-state index contributed by atoms with van der Waals surface area (Å²) in [5.74, 6) is -0.854. The number of hydrogen-bond donors (Lipinski definition) is 1. The van der Waals surface area contributed by atoms with Crippen molar-refractivity contribution in [2.24, 2.45) is 0 Å². The molecule has 0 fully saturated rings. The number of rotatable bonds is 4. The molecule has 0 aromatic heterocycles. The SMILES string of the molecule is C=C(/C=C\c1ccccc1)CC(=O)O. The first kappa shape index (κ1) is 10.3. The van der Waals surface area contributed by atoms with Gasteiger partial charge in [-0.15, -0.1) is 0 Å². The Kier molecular flexibility index (Phi) is 3.68. The minimum Gasteiger partial charge on any atom is -0.481 e. The molecule has 0 heterocycles. The Morgan fingerprint density at radius 2 is 2.00 bits per heavy atom. The highest BCUT2D eigenvalue weighted by Crippen LogP contribution is 2.06. The highest BCUT2D eigenvalue weighted by molar-refractivity contribution is 5.71. The van der Waals surface area contributed by atoms with Gasteiger partial charge in [0, 0.05) is 0 Å². The van der Waals surface area contributed by atoms with Crippen LogP contribution in [-0.4, -0.2) is 11.1 Å². The maximum Gasteiger partial charge on any atom is 0.307 e. The first-order chi connectivity index (χ1) is 6.68. The molecule has 0 atom stereocenters. The normalized spacial score (nSPS) is 10.3. The summed E-state index contributed by atoms with van der Waals surface area (Å²) >= 11 is 0. The van der Waals surface area contributed by atoms with Crippen LogP contribution in [0.4, 0.5) is 0 Å². The van der Waals surface area contributed by atoms with Crippen molar-refractivity contribution in [1.29, 1.82) is 0 Å². The molecular formula is C12H12O2. The first-order valence-corrected chi connectivity index (χ1v) is 4.31. The van der Waals surface area contributed by atoms with Gasteiger partial charge in [0.05, 0.1) is 6.42 Å². The lowest BCUT2D eigenvalue weighted by atomic mass is 10.1. The highest BCUT2D eigenvalue weighted by atomic mass is 16.4. The van der Waals surface area contributed by atoms with Gasteiger partial charge in [-0.2, -0.15) is 0 Å². The molecule has 0 radical (unpaired) electrons. The van der Waals surface area contributed by atoms with E-state index in [2.05, 4.69) is 6.58 Å². The highest BCUT2D eigenvalue weighted by Gasteiger charge is 1.96. The molecule has 72 valence electrons. The van der Waals surface area contributed by atoms with E-state index in [0.29, 0.717) is 5.57 Å². The number of carboxylic acid groups (broad SMARTS) is 1. The van der Waals surface area contributed by atoms with Gasteiger partial charge in [0.15, 0.2) is 0 Å². The Morgan fingerprint density at radius 1 is 1.36 bits per heavy atom. The van der Waals surface area contributed by atoms with Crippen LogP contribution in [-0.2, 0) is 4.79 Å². The van der Waals surface area contributed by atoms with Crippen molar-refractivity contribution in [3.8, 4) is 0 Å². The average Bonchev–Trinajstić information content (AvgIpc) is 2.15. The van der Waals surface area contributed by atoms with Crippen LogP contribution in [0.1, 0.15) is 12.0 Å². The van der Waals surface area contributed by atoms with Crippen molar-refractivity contribution in [3.05, 3.63) is 54.1 Å². The predicted molar refractivity (Wildman–Crippen MR) is 56.9 cm³/mol. The van der Waals surface area contributed by atoms with Gasteiger partial charge in [0.1, 0.15) is 0 Å². The lowest BCUT2D eigenvalue weighted by Crippen LogP contribution is -1.94. The maximum atomic E-state index is 10.3. The molecule has 0 spiro atoms. The van der Waals surface area contributed by atoms with Gasteiger partial charge >= 0.3 is 5.97 Å². The maximum absolute atomic E-state index is 10.3. The van der Waals surface area contributed by atoms with Crippen molar-refractivity contribution < 1.29 is 9.90 Å². The van der Waals surface area contributed by atoms with Crippen LogP contribution in [0.3, 0.4) is 0 Å². The van der Waals surface area contributed by atoms with Crippen LogP contribution >= 0.6 is 0 Å². The summed E-state index contributed by atoms with van der Waals surface area (Å²) in [5, 5.41) is 8.49. The number of carbonyl (C=O) groups is 1. The summed E-state index contributed by atoms with van der Waals surface area (Å²) in [4.78, 5) is 10.3. The van der Waals surface area contributed by atoms with Crippen molar-refractivity contribution >= 4 is 12.0 Å². The smallest absolute Gasteiger partial charge is 0.307 e. The van der Waals surface area contributed by atoms with Gasteiger partial charge < -0.3 is 5.11 Å². The monoisotopic (exact) mass is 188 g/mol. The lowest BCUT2D eigenvalue weighted by Gasteiger charge is -1.94. The Hall–Kier alpha value is -1.83. The zero-order valence-electron chi connectivity index (χ0n) is 7.81. The fourth-order valence-electron chi connectivity index (χ4n) is 1.03. The molecule has 0 amide bonds. The van der Waals surface area contributed by atoms with Gasteiger partial charge in [-0.25, -0.2) is 0 Å². The van der Waals surface area contributed by atoms with Gasteiger partial charge in [0.2, 0.25) is 0 Å². The number of allylic oxidation sites excluding steroid dienone is 1. The fourth-order valence-corrected chi connectivity index (χ4v) is 1.03. The molecule has 2 nitrogen and oxygen atoms in total. The molecule has 1 N–H and O–H groups in total. The van der Waals surface area contributed by atoms with E-state index < -0.39 is 5.97 Å². The summed E-state index contributed by atoms with van der Waals surface area (Å²) in [6, 6.07) is 9.69. The van der Waals surface area contributed by atoms with Gasteiger partial charge in [-0.05, 0) is 11.1 Å². The molecule has 1 rings (SSSR count). The van der Waals surface area contributed by atoms with Crippen molar-refractivity contribution in [2.45, 2.75) is 6.42 Å². The zero-order valence-corrected chi connectivity index (χ0v) is 7.81. The van der Waals surface area contributed by atoms with Crippen LogP contribution in [0, 0.1) is 0 Å². The number of carboxylic acids is 1. The average molecular weight is 188 g/mol. The van der Waals surface area contributed by atoms with Crippen molar-refractivity contribution in [1.82, 2.24) is 0 Å². The molecule has 0 saturated carbocycles. The molecular weight excluding hydrogens is 176 g/mol. The Balaban J connectivity index is 2.56. The second-order valence-corrected chi connectivity index (χ2v) is 2.97. The summed E-state index contributed by atoms with van der Waals surface area (Å²) in [7, 11) is 0. The van der Waals surface area contributed by atoms with E-state index in [9.17, 15) is 4.79 Å². The second kappa shape index (κ2) is 5.02. The predicted octanol–water partition coefficient (Wildman–Crippen LogP) is 2.73. The third kappa shape index (κ3) is 3.72. The van der Waals surface area contributed by atoms with E-state index in [4.69, 9.17) is 5.11 Å². The molecule has 1 aromatic carbocycles. The van der Waals surface area contributed by atoms with Crippen LogP contribution in [0.5, 0.6) is 0 Å². The lowest BCUT2D eigenvalue weighted by molar-refractivity contribution is -0.136. The van der Waals surface area contributed by atoms with Crippen LogP contribution in [0.25, 0.3) is 6.08 Å². The minimum absolute atomic E-state index is 0.0106. The molecule has 0 aliphatic carbocycles. The van der Waals surface area contributed by atoms with E-state index >= 15 is 0 Å². The third-order valence-electron chi connectivity index (χ3n) is 1.69. The summed E-state index contributed by atoms with van der Waals surface area (Å²) in [5.41, 5.74) is 1.64. The standard InChI is InChI=1S/C12H12O2/c1-10(9-12(13)14)7-8-11-5-3-2-4-6-11/h2-8H,1,9H2,(H,13,14)/b8-7-. The molecule has 14 heavy (non-hydrogen) atoms. The summed E-state index contributed by atoms with van der Waals surface area (Å²) in [6.07, 6.45) is 3.57. The Labute approximate surface area is 83.2 Å². The van der Waals surface area contributed by atoms with Gasteiger partial charge in [0.25, 0.3) is 0 Å².